The molecule has 0 fully saturated rings. The number of nitrogens with zero attached hydrogens (tertiary/aromatic N) is 2. The second-order valence-electron chi connectivity index (χ2n) is 4.31. The molecular weight excluding hydrogens is 254 g/mol. The lowest BCUT2D eigenvalue weighted by atomic mass is 10.0. The molecule has 2 aromatic heterocycles. The number of fused-ring (bicyclic) bond motifs is 1. The molecule has 0 radical (unpaired) electrons. The molecule has 0 bridgehead atoms. The van der Waals surface area contributed by atoms with Crippen molar-refractivity contribution in [3.63, 3.8) is 0 Å². The molecule has 5 heteroatoms. The predicted molar refractivity (Wildman–Crippen MR) is 74.2 cm³/mol. The Morgan fingerprint density at radius 3 is 2.60 bits per heavy atom. The number of amides is 1. The van der Waals surface area contributed by atoms with Crippen molar-refractivity contribution in [3.05, 3.63) is 60.6 Å². The van der Waals surface area contributed by atoms with Crippen molar-refractivity contribution in [2.24, 2.45) is 0 Å². The first-order valence-corrected chi connectivity index (χ1v) is 6.02. The van der Waals surface area contributed by atoms with Crippen LogP contribution >= 0.6 is 0 Å². The van der Waals surface area contributed by atoms with E-state index in [0.29, 0.717) is 5.56 Å². The Balaban J connectivity index is 2.07. The maximum absolute atomic E-state index is 11.3. The molecular formula is C15H11N3O2. The first-order valence-electron chi connectivity index (χ1n) is 6.02. The maximum Gasteiger partial charge on any atom is 0.276 e. The van der Waals surface area contributed by atoms with Crippen LogP contribution in [0.5, 0.6) is 0 Å². The number of carbonyl (C=O) groups is 1. The van der Waals surface area contributed by atoms with Gasteiger partial charge >= 0.3 is 0 Å². The highest BCUT2D eigenvalue weighted by Crippen LogP contribution is 2.23. The summed E-state index contributed by atoms with van der Waals surface area (Å²) in [5, 5.41) is 9.46. The number of hydrogen-bond donors (Lipinski definition) is 2. The maximum atomic E-state index is 11.3. The number of benzene rings is 1. The molecule has 98 valence electrons. The van der Waals surface area contributed by atoms with E-state index in [1.54, 1.807) is 23.9 Å². The summed E-state index contributed by atoms with van der Waals surface area (Å²) >= 11 is 0. The van der Waals surface area contributed by atoms with E-state index in [-0.39, 0.29) is 0 Å². The third kappa shape index (κ3) is 2.22. The second kappa shape index (κ2) is 5.07. The fraction of sp³-hybridized carbons (Fsp3) is 0. The number of nitrogens with one attached hydrogen (secondary N) is 1. The first-order chi connectivity index (χ1) is 9.78. The van der Waals surface area contributed by atoms with E-state index in [9.17, 15) is 4.79 Å². The van der Waals surface area contributed by atoms with Gasteiger partial charge in [-0.3, -0.25) is 20.0 Å². The third-order valence-electron chi connectivity index (χ3n) is 3.06. The molecule has 1 aromatic carbocycles. The zero-order valence-electron chi connectivity index (χ0n) is 10.4. The fourth-order valence-corrected chi connectivity index (χ4v) is 2.03. The van der Waals surface area contributed by atoms with Crippen LogP contribution in [0.3, 0.4) is 0 Å². The molecule has 3 aromatic rings. The van der Waals surface area contributed by atoms with Gasteiger partial charge in [0.05, 0.1) is 11.1 Å². The number of pyridine rings is 2. The summed E-state index contributed by atoms with van der Waals surface area (Å²) in [7, 11) is 0. The minimum Gasteiger partial charge on any atom is -0.288 e. The van der Waals surface area contributed by atoms with E-state index in [0.717, 1.165) is 22.0 Å². The molecule has 2 heterocycles. The van der Waals surface area contributed by atoms with Crippen LogP contribution in [0, 0.1) is 0 Å². The number of hydrogen-bond acceptors (Lipinski definition) is 4. The summed E-state index contributed by atoms with van der Waals surface area (Å²) in [6, 6.07) is 11.3. The molecule has 0 aliphatic carbocycles. The number of rotatable bonds is 2. The lowest BCUT2D eigenvalue weighted by molar-refractivity contribution is 0.0706. The minimum absolute atomic E-state index is 0.316. The van der Waals surface area contributed by atoms with Gasteiger partial charge in [0.15, 0.2) is 0 Å². The summed E-state index contributed by atoms with van der Waals surface area (Å²) in [5.41, 5.74) is 4.79. The zero-order valence-corrected chi connectivity index (χ0v) is 10.4. The SMILES string of the molecule is O=C(NO)c1cnc2cc(-c3ccncc3)ccc2c1. The van der Waals surface area contributed by atoms with Gasteiger partial charge < -0.3 is 0 Å². The highest BCUT2D eigenvalue weighted by atomic mass is 16.5. The van der Waals surface area contributed by atoms with Crippen LogP contribution in [0.1, 0.15) is 10.4 Å². The Labute approximate surface area is 114 Å². The Kier molecular flexibility index (Phi) is 3.10. The molecule has 0 aliphatic rings. The predicted octanol–water partition coefficient (Wildman–Crippen LogP) is 2.42. The zero-order chi connectivity index (χ0) is 13.9. The molecule has 5 nitrogen and oxygen atoms in total. The van der Waals surface area contributed by atoms with Gasteiger partial charge in [0.2, 0.25) is 0 Å². The van der Waals surface area contributed by atoms with E-state index >= 15 is 0 Å². The van der Waals surface area contributed by atoms with Crippen molar-refractivity contribution in [2.75, 3.05) is 0 Å². The van der Waals surface area contributed by atoms with Gasteiger partial charge in [0.25, 0.3) is 5.91 Å². The van der Waals surface area contributed by atoms with Gasteiger partial charge in [-0.15, -0.1) is 0 Å². The van der Waals surface area contributed by atoms with Crippen LogP contribution in [-0.4, -0.2) is 21.1 Å². The second-order valence-corrected chi connectivity index (χ2v) is 4.31. The molecule has 0 atom stereocenters. The summed E-state index contributed by atoms with van der Waals surface area (Å²) in [5.74, 6) is -0.572. The largest absolute Gasteiger partial charge is 0.288 e. The Hall–Kier alpha value is -2.79. The van der Waals surface area contributed by atoms with E-state index < -0.39 is 5.91 Å². The van der Waals surface area contributed by atoms with Gasteiger partial charge in [-0.25, -0.2) is 5.48 Å². The monoisotopic (exact) mass is 265 g/mol. The van der Waals surface area contributed by atoms with Crippen molar-refractivity contribution in [1.82, 2.24) is 15.4 Å². The molecule has 20 heavy (non-hydrogen) atoms. The Bertz CT molecular complexity index is 772. The lowest BCUT2D eigenvalue weighted by Crippen LogP contribution is -2.18. The molecule has 2 N–H and O–H groups in total. The van der Waals surface area contributed by atoms with E-state index in [1.807, 2.05) is 30.3 Å². The number of aromatic nitrogens is 2. The van der Waals surface area contributed by atoms with Crippen molar-refractivity contribution in [2.45, 2.75) is 0 Å². The average molecular weight is 265 g/mol. The molecule has 3 rings (SSSR count). The highest BCUT2D eigenvalue weighted by Gasteiger charge is 2.06. The van der Waals surface area contributed by atoms with Gasteiger partial charge in [-0.2, -0.15) is 0 Å². The molecule has 0 aliphatic heterocycles. The lowest BCUT2D eigenvalue weighted by Gasteiger charge is -2.05. The van der Waals surface area contributed by atoms with Crippen molar-refractivity contribution >= 4 is 16.8 Å². The summed E-state index contributed by atoms with van der Waals surface area (Å²) in [6.45, 7) is 0. The van der Waals surface area contributed by atoms with Crippen LogP contribution in [0.4, 0.5) is 0 Å². The molecule has 0 saturated carbocycles. The highest BCUT2D eigenvalue weighted by molar-refractivity contribution is 5.97. The van der Waals surface area contributed by atoms with Crippen LogP contribution in [0.2, 0.25) is 0 Å². The molecule has 0 spiro atoms. The van der Waals surface area contributed by atoms with Crippen LogP contribution in [-0.2, 0) is 0 Å². The van der Waals surface area contributed by atoms with Gasteiger partial charge in [0, 0.05) is 24.0 Å². The molecule has 0 unspecified atom stereocenters. The van der Waals surface area contributed by atoms with Crippen molar-refractivity contribution in [3.8, 4) is 11.1 Å². The minimum atomic E-state index is -0.572. The van der Waals surface area contributed by atoms with Crippen molar-refractivity contribution in [1.29, 1.82) is 0 Å². The summed E-state index contributed by atoms with van der Waals surface area (Å²) in [6.07, 6.45) is 4.91. The average Bonchev–Trinajstić information content (AvgIpc) is 2.54. The third-order valence-corrected chi connectivity index (χ3v) is 3.06. The fourth-order valence-electron chi connectivity index (χ4n) is 2.03. The van der Waals surface area contributed by atoms with Crippen LogP contribution in [0.15, 0.2) is 55.0 Å². The first kappa shape index (κ1) is 12.3. The van der Waals surface area contributed by atoms with Crippen LogP contribution < -0.4 is 5.48 Å². The number of hydroxylamine groups is 1. The normalized spacial score (nSPS) is 10.4. The standard InChI is InChI=1S/C15H11N3O2/c19-15(18-20)13-7-12-2-1-11(8-14(12)17-9-13)10-3-5-16-6-4-10/h1-9,20H,(H,18,19). The van der Waals surface area contributed by atoms with Crippen molar-refractivity contribution < 1.29 is 10.0 Å². The summed E-state index contributed by atoms with van der Waals surface area (Å²) in [4.78, 5) is 19.6. The van der Waals surface area contributed by atoms with E-state index in [1.165, 1.54) is 6.20 Å². The van der Waals surface area contributed by atoms with Gasteiger partial charge in [0.1, 0.15) is 0 Å². The molecule has 1 amide bonds. The molecule has 0 saturated heterocycles. The quantitative estimate of drug-likeness (QED) is 0.551. The van der Waals surface area contributed by atoms with E-state index in [2.05, 4.69) is 9.97 Å². The topological polar surface area (TPSA) is 75.1 Å². The smallest absolute Gasteiger partial charge is 0.276 e. The Morgan fingerprint density at radius 1 is 1.05 bits per heavy atom. The number of carbonyl (C=O) groups excluding carboxylic acids is 1. The van der Waals surface area contributed by atoms with E-state index in [4.69, 9.17) is 5.21 Å². The van der Waals surface area contributed by atoms with Gasteiger partial charge in [-0.05, 0) is 35.4 Å². The summed E-state index contributed by atoms with van der Waals surface area (Å²) < 4.78 is 0. The van der Waals surface area contributed by atoms with Crippen LogP contribution in [0.25, 0.3) is 22.0 Å². The van der Waals surface area contributed by atoms with Gasteiger partial charge in [-0.1, -0.05) is 12.1 Å². The Morgan fingerprint density at radius 2 is 1.85 bits per heavy atom.